The summed E-state index contributed by atoms with van der Waals surface area (Å²) in [7, 11) is 0. The smallest absolute Gasteiger partial charge is 0.287 e. The summed E-state index contributed by atoms with van der Waals surface area (Å²) >= 11 is 0. The van der Waals surface area contributed by atoms with Crippen LogP contribution in [-0.2, 0) is 11.2 Å². The van der Waals surface area contributed by atoms with Gasteiger partial charge in [-0.05, 0) is 31.5 Å². The predicted octanol–water partition coefficient (Wildman–Crippen LogP) is 1.47. The van der Waals surface area contributed by atoms with E-state index in [4.69, 9.17) is 10.2 Å². The molecule has 128 valence electrons. The third-order valence-corrected chi connectivity index (χ3v) is 3.37. The highest BCUT2D eigenvalue weighted by molar-refractivity contribution is 5.95. The van der Waals surface area contributed by atoms with Crippen LogP contribution < -0.4 is 16.4 Å². The van der Waals surface area contributed by atoms with Crippen molar-refractivity contribution in [3.8, 4) is 0 Å². The summed E-state index contributed by atoms with van der Waals surface area (Å²) in [5, 5.41) is 5.50. The number of amides is 2. The summed E-state index contributed by atoms with van der Waals surface area (Å²) in [4.78, 5) is 24.7. The van der Waals surface area contributed by atoms with Gasteiger partial charge in [0.15, 0.2) is 5.76 Å². The lowest BCUT2D eigenvalue weighted by atomic mass is 10.0. The van der Waals surface area contributed by atoms with Crippen molar-refractivity contribution in [1.82, 2.24) is 10.6 Å². The monoisotopic (exact) mass is 329 g/mol. The second-order valence-corrected chi connectivity index (χ2v) is 6.40. The summed E-state index contributed by atoms with van der Waals surface area (Å²) < 4.78 is 5.08. The zero-order valence-electron chi connectivity index (χ0n) is 13.9. The molecule has 4 N–H and O–H groups in total. The van der Waals surface area contributed by atoms with Gasteiger partial charge in [-0.15, -0.1) is 0 Å². The molecular weight excluding hydrogens is 306 g/mol. The second kappa shape index (κ2) is 7.79. The maximum atomic E-state index is 12.5. The molecule has 0 bridgehead atoms. The first-order valence-corrected chi connectivity index (χ1v) is 7.80. The SMILES string of the molecule is CC(C)(N)CNC(=O)C(Cc1ccccc1)NC(=O)c1ccco1. The molecule has 0 saturated heterocycles. The van der Waals surface area contributed by atoms with Gasteiger partial charge in [0.05, 0.1) is 6.26 Å². The minimum absolute atomic E-state index is 0.167. The minimum Gasteiger partial charge on any atom is -0.459 e. The van der Waals surface area contributed by atoms with Crippen molar-refractivity contribution >= 4 is 11.8 Å². The Balaban J connectivity index is 2.08. The van der Waals surface area contributed by atoms with Crippen LogP contribution in [0.25, 0.3) is 0 Å². The van der Waals surface area contributed by atoms with Crippen molar-refractivity contribution < 1.29 is 14.0 Å². The van der Waals surface area contributed by atoms with Gasteiger partial charge in [0.1, 0.15) is 6.04 Å². The Kier molecular flexibility index (Phi) is 5.76. The third-order valence-electron chi connectivity index (χ3n) is 3.37. The maximum Gasteiger partial charge on any atom is 0.287 e. The molecule has 0 fully saturated rings. The topological polar surface area (TPSA) is 97.4 Å². The molecule has 0 aliphatic carbocycles. The molecule has 2 rings (SSSR count). The first-order chi connectivity index (χ1) is 11.3. The largest absolute Gasteiger partial charge is 0.459 e. The summed E-state index contributed by atoms with van der Waals surface area (Å²) in [6, 6.07) is 12.0. The molecule has 2 aromatic rings. The molecule has 0 spiro atoms. The van der Waals surface area contributed by atoms with Crippen LogP contribution in [-0.4, -0.2) is 29.9 Å². The number of hydrogen-bond donors (Lipinski definition) is 3. The Morgan fingerprint density at radius 3 is 2.46 bits per heavy atom. The highest BCUT2D eigenvalue weighted by Crippen LogP contribution is 2.06. The Morgan fingerprint density at radius 1 is 1.17 bits per heavy atom. The molecule has 1 heterocycles. The molecular formula is C18H23N3O3. The van der Waals surface area contributed by atoms with E-state index in [2.05, 4.69) is 10.6 Å². The van der Waals surface area contributed by atoms with E-state index in [9.17, 15) is 9.59 Å². The first kappa shape index (κ1) is 17.7. The zero-order chi connectivity index (χ0) is 17.6. The number of nitrogens with two attached hydrogens (primary N) is 1. The molecule has 2 amide bonds. The van der Waals surface area contributed by atoms with Gasteiger partial charge in [-0.1, -0.05) is 30.3 Å². The van der Waals surface area contributed by atoms with Gasteiger partial charge in [-0.3, -0.25) is 9.59 Å². The molecule has 0 aliphatic heterocycles. The molecule has 0 saturated carbocycles. The van der Waals surface area contributed by atoms with Crippen LogP contribution in [0.15, 0.2) is 53.1 Å². The fraction of sp³-hybridized carbons (Fsp3) is 0.333. The molecule has 6 heteroatoms. The maximum absolute atomic E-state index is 12.5. The Bertz CT molecular complexity index is 661. The summed E-state index contributed by atoms with van der Waals surface area (Å²) in [5.41, 5.74) is 6.32. The molecule has 0 radical (unpaired) electrons. The van der Waals surface area contributed by atoms with Gasteiger partial charge in [0, 0.05) is 18.5 Å². The van der Waals surface area contributed by atoms with Crippen LogP contribution in [0.1, 0.15) is 30.0 Å². The number of carbonyl (C=O) groups is 2. The van der Waals surface area contributed by atoms with Crippen molar-refractivity contribution in [3.63, 3.8) is 0 Å². The van der Waals surface area contributed by atoms with Crippen LogP contribution in [0.2, 0.25) is 0 Å². The van der Waals surface area contributed by atoms with Gasteiger partial charge in [0.25, 0.3) is 5.91 Å². The molecule has 24 heavy (non-hydrogen) atoms. The molecule has 1 atom stereocenters. The van der Waals surface area contributed by atoms with Crippen LogP contribution in [0, 0.1) is 0 Å². The second-order valence-electron chi connectivity index (χ2n) is 6.40. The van der Waals surface area contributed by atoms with Gasteiger partial charge in [-0.2, -0.15) is 0 Å². The van der Waals surface area contributed by atoms with Crippen molar-refractivity contribution in [2.24, 2.45) is 5.73 Å². The Labute approximate surface area is 141 Å². The Morgan fingerprint density at radius 2 is 1.88 bits per heavy atom. The van der Waals surface area contributed by atoms with Crippen LogP contribution in [0.4, 0.5) is 0 Å². The van der Waals surface area contributed by atoms with E-state index in [-0.39, 0.29) is 11.7 Å². The number of rotatable bonds is 7. The lowest BCUT2D eigenvalue weighted by Crippen LogP contribution is -2.52. The van der Waals surface area contributed by atoms with Gasteiger partial charge < -0.3 is 20.8 Å². The molecule has 1 aromatic carbocycles. The number of nitrogens with one attached hydrogen (secondary N) is 2. The summed E-state index contributed by atoms with van der Waals surface area (Å²) in [6.07, 6.45) is 1.79. The highest BCUT2D eigenvalue weighted by Gasteiger charge is 2.24. The fourth-order valence-corrected chi connectivity index (χ4v) is 2.13. The quantitative estimate of drug-likeness (QED) is 0.716. The molecule has 1 unspecified atom stereocenters. The minimum atomic E-state index is -0.715. The van der Waals surface area contributed by atoms with E-state index in [0.717, 1.165) is 5.56 Å². The van der Waals surface area contributed by atoms with E-state index in [1.807, 2.05) is 44.2 Å². The van der Waals surface area contributed by atoms with Gasteiger partial charge >= 0.3 is 0 Å². The van der Waals surface area contributed by atoms with Crippen molar-refractivity contribution in [2.75, 3.05) is 6.54 Å². The number of furan rings is 1. The average Bonchev–Trinajstić information content (AvgIpc) is 3.07. The van der Waals surface area contributed by atoms with E-state index in [0.29, 0.717) is 13.0 Å². The van der Waals surface area contributed by atoms with Crippen LogP contribution >= 0.6 is 0 Å². The Hall–Kier alpha value is -2.60. The molecule has 6 nitrogen and oxygen atoms in total. The summed E-state index contributed by atoms with van der Waals surface area (Å²) in [6.45, 7) is 3.95. The lowest BCUT2D eigenvalue weighted by molar-refractivity contribution is -0.123. The summed E-state index contributed by atoms with van der Waals surface area (Å²) in [5.74, 6) is -0.541. The van der Waals surface area contributed by atoms with E-state index >= 15 is 0 Å². The van der Waals surface area contributed by atoms with E-state index in [1.165, 1.54) is 6.26 Å². The number of hydrogen-bond acceptors (Lipinski definition) is 4. The van der Waals surface area contributed by atoms with Crippen LogP contribution in [0.5, 0.6) is 0 Å². The predicted molar refractivity (Wildman–Crippen MR) is 91.4 cm³/mol. The zero-order valence-corrected chi connectivity index (χ0v) is 13.9. The standard InChI is InChI=1S/C18H23N3O3/c1-18(2,19)12-20-16(22)14(11-13-7-4-3-5-8-13)21-17(23)15-9-6-10-24-15/h3-10,14H,11-12,19H2,1-2H3,(H,20,22)(H,21,23). The van der Waals surface area contributed by atoms with Gasteiger partial charge in [0.2, 0.25) is 5.91 Å². The van der Waals surface area contributed by atoms with E-state index in [1.54, 1.807) is 12.1 Å². The normalized spacial score (nSPS) is 12.5. The number of benzene rings is 1. The van der Waals surface area contributed by atoms with Crippen molar-refractivity contribution in [2.45, 2.75) is 31.8 Å². The average molecular weight is 329 g/mol. The highest BCUT2D eigenvalue weighted by atomic mass is 16.3. The van der Waals surface area contributed by atoms with Crippen LogP contribution in [0.3, 0.4) is 0 Å². The van der Waals surface area contributed by atoms with Gasteiger partial charge in [-0.25, -0.2) is 0 Å². The van der Waals surface area contributed by atoms with Crippen molar-refractivity contribution in [1.29, 1.82) is 0 Å². The fourth-order valence-electron chi connectivity index (χ4n) is 2.13. The first-order valence-electron chi connectivity index (χ1n) is 7.80. The molecule has 1 aromatic heterocycles. The lowest BCUT2D eigenvalue weighted by Gasteiger charge is -2.23. The third kappa shape index (κ3) is 5.55. The molecule has 0 aliphatic rings. The number of carbonyl (C=O) groups excluding carboxylic acids is 2. The van der Waals surface area contributed by atoms with Crippen molar-refractivity contribution in [3.05, 3.63) is 60.1 Å². The van der Waals surface area contributed by atoms with E-state index < -0.39 is 17.5 Å².